The van der Waals surface area contributed by atoms with E-state index in [9.17, 15) is 9.69 Å². The molecule has 1 aliphatic rings. The summed E-state index contributed by atoms with van der Waals surface area (Å²) in [6, 6.07) is 19.3. The van der Waals surface area contributed by atoms with Crippen LogP contribution in [0.2, 0.25) is 0 Å². The fourth-order valence-corrected chi connectivity index (χ4v) is 5.98. The van der Waals surface area contributed by atoms with Gasteiger partial charge >= 0.3 is 13.8 Å². The molecule has 2 aromatic rings. The normalized spacial score (nSPS) is 17.2. The molecule has 3 rings (SSSR count). The highest BCUT2D eigenvalue weighted by molar-refractivity contribution is 7.77. The quantitative estimate of drug-likeness (QED) is 0.654. The molecule has 0 saturated carbocycles. The molecule has 1 heterocycles. The van der Waals surface area contributed by atoms with Crippen LogP contribution >= 0.6 is 7.79 Å². The van der Waals surface area contributed by atoms with E-state index in [2.05, 4.69) is 0 Å². The maximum absolute atomic E-state index is 11.7. The number of hydrogen-bond acceptors (Lipinski definition) is 4. The first-order valence-corrected chi connectivity index (χ1v) is 9.38. The molecule has 0 unspecified atom stereocenters. The van der Waals surface area contributed by atoms with Gasteiger partial charge in [0.05, 0.1) is 30.5 Å². The van der Waals surface area contributed by atoms with Crippen molar-refractivity contribution < 1.29 is 14.8 Å². The molecule has 0 radical (unpaired) electrons. The topological polar surface area (TPSA) is 64.0 Å². The third kappa shape index (κ3) is 2.88. The van der Waals surface area contributed by atoms with Crippen LogP contribution in [0.4, 0.5) is 11.4 Å². The molecule has 0 spiro atoms. The van der Waals surface area contributed by atoms with Gasteiger partial charge in [0, 0.05) is 6.92 Å². The molecular formula is C18H20N2O3P+. The monoisotopic (exact) mass is 343 g/mol. The predicted molar refractivity (Wildman–Crippen MR) is 98.1 cm³/mol. The van der Waals surface area contributed by atoms with Crippen LogP contribution in [0.5, 0.6) is 0 Å². The number of carboxylic acid groups (broad SMARTS) is 1. The third-order valence-electron chi connectivity index (χ3n) is 4.11. The average molecular weight is 343 g/mol. The summed E-state index contributed by atoms with van der Waals surface area (Å²) in [5.74, 6) is -1.05. The van der Waals surface area contributed by atoms with Gasteiger partial charge in [-0.05, 0) is 24.3 Å². The van der Waals surface area contributed by atoms with Crippen LogP contribution in [-0.2, 0) is 4.79 Å². The van der Waals surface area contributed by atoms with E-state index in [4.69, 9.17) is 5.11 Å². The molecule has 0 aromatic heterocycles. The number of hydrogen-bond donors (Lipinski definition) is 2. The Bertz CT molecular complexity index is 702. The minimum atomic E-state index is -2.98. The van der Waals surface area contributed by atoms with E-state index in [0.29, 0.717) is 18.4 Å². The molecule has 24 heavy (non-hydrogen) atoms. The SMILES string of the molecule is CC(=CC(=O)O)[P+]1(O)N(c2ccccc2)CCN1c1ccccc1. The molecule has 0 bridgehead atoms. The second-order valence-corrected chi connectivity index (χ2v) is 8.42. The van der Waals surface area contributed by atoms with Crippen molar-refractivity contribution in [2.24, 2.45) is 0 Å². The molecule has 124 valence electrons. The lowest BCUT2D eigenvalue weighted by Crippen LogP contribution is -2.25. The lowest BCUT2D eigenvalue weighted by Gasteiger charge is -2.31. The Kier molecular flexibility index (Phi) is 4.56. The van der Waals surface area contributed by atoms with E-state index in [1.54, 1.807) is 6.92 Å². The molecule has 2 N–H and O–H groups in total. The number of rotatable bonds is 4. The summed E-state index contributed by atoms with van der Waals surface area (Å²) in [4.78, 5) is 22.9. The van der Waals surface area contributed by atoms with Crippen molar-refractivity contribution in [3.63, 3.8) is 0 Å². The highest BCUT2D eigenvalue weighted by Crippen LogP contribution is 2.71. The lowest BCUT2D eigenvalue weighted by atomic mass is 10.3. The van der Waals surface area contributed by atoms with E-state index in [-0.39, 0.29) is 0 Å². The van der Waals surface area contributed by atoms with Gasteiger partial charge in [0.2, 0.25) is 0 Å². The molecule has 2 aromatic carbocycles. The minimum Gasteiger partial charge on any atom is -0.478 e. The Labute approximate surface area is 142 Å². The number of carbonyl (C=O) groups is 1. The van der Waals surface area contributed by atoms with Crippen molar-refractivity contribution >= 4 is 25.1 Å². The summed E-state index contributed by atoms with van der Waals surface area (Å²) in [5, 5.41) is 9.64. The zero-order chi connectivity index (χ0) is 17.2. The number of anilines is 2. The fraction of sp³-hybridized carbons (Fsp3) is 0.167. The molecule has 0 amide bonds. The van der Waals surface area contributed by atoms with Crippen LogP contribution in [-0.4, -0.2) is 29.1 Å². The number of carboxylic acids is 1. The van der Waals surface area contributed by atoms with Crippen LogP contribution in [0, 0.1) is 0 Å². The Morgan fingerprint density at radius 3 is 1.75 bits per heavy atom. The first kappa shape index (κ1) is 16.5. The van der Waals surface area contributed by atoms with E-state index >= 15 is 0 Å². The Morgan fingerprint density at radius 2 is 1.38 bits per heavy atom. The molecule has 6 heteroatoms. The van der Waals surface area contributed by atoms with Crippen molar-refractivity contribution in [2.45, 2.75) is 6.92 Å². The maximum atomic E-state index is 11.7. The summed E-state index contributed by atoms with van der Waals surface area (Å²) in [6.07, 6.45) is 1.12. The van der Waals surface area contributed by atoms with Crippen LogP contribution in [0.1, 0.15) is 6.92 Å². The lowest BCUT2D eigenvalue weighted by molar-refractivity contribution is -0.131. The number of nitrogens with zero attached hydrogens (tertiary/aromatic N) is 2. The van der Waals surface area contributed by atoms with E-state index in [1.807, 2.05) is 70.0 Å². The van der Waals surface area contributed by atoms with Crippen molar-refractivity contribution in [3.05, 3.63) is 72.1 Å². The Hall–Kier alpha value is -2.36. The second-order valence-electron chi connectivity index (χ2n) is 5.61. The largest absolute Gasteiger partial charge is 0.478 e. The van der Waals surface area contributed by atoms with Crippen molar-refractivity contribution in [1.29, 1.82) is 0 Å². The van der Waals surface area contributed by atoms with Crippen LogP contribution in [0.25, 0.3) is 0 Å². The Morgan fingerprint density at radius 1 is 0.958 bits per heavy atom. The smallest absolute Gasteiger partial charge is 0.362 e. The van der Waals surface area contributed by atoms with Gasteiger partial charge in [-0.3, -0.25) is 0 Å². The molecule has 0 aliphatic carbocycles. The van der Waals surface area contributed by atoms with Gasteiger partial charge in [-0.15, -0.1) is 0 Å². The van der Waals surface area contributed by atoms with E-state index in [0.717, 1.165) is 17.5 Å². The first-order chi connectivity index (χ1) is 11.5. The summed E-state index contributed by atoms with van der Waals surface area (Å²) < 4.78 is 3.88. The summed E-state index contributed by atoms with van der Waals surface area (Å²) >= 11 is 0. The number of benzene rings is 2. The van der Waals surface area contributed by atoms with Crippen molar-refractivity contribution in [2.75, 3.05) is 22.4 Å². The molecular weight excluding hydrogens is 323 g/mol. The van der Waals surface area contributed by atoms with Crippen molar-refractivity contribution in [1.82, 2.24) is 0 Å². The molecule has 5 nitrogen and oxygen atoms in total. The third-order valence-corrected chi connectivity index (χ3v) is 7.39. The van der Waals surface area contributed by atoms with Gasteiger partial charge in [0.15, 0.2) is 5.31 Å². The second kappa shape index (κ2) is 6.63. The molecule has 1 fully saturated rings. The van der Waals surface area contributed by atoms with Gasteiger partial charge in [0.25, 0.3) is 0 Å². The van der Waals surface area contributed by atoms with Gasteiger partial charge in [0.1, 0.15) is 0 Å². The van der Waals surface area contributed by atoms with Crippen molar-refractivity contribution in [3.8, 4) is 0 Å². The van der Waals surface area contributed by atoms with Crippen LogP contribution < -0.4 is 9.34 Å². The predicted octanol–water partition coefficient (Wildman–Crippen LogP) is 3.76. The standard InChI is InChI=1S/C18H19N2O3P/c1-15(14-18(21)22)24(23)19(16-8-4-2-5-9-16)12-13-20(24)17-10-6-3-7-11-17/h2-11,14,23H,12-13H2,1H3/p+1. The summed E-state index contributed by atoms with van der Waals surface area (Å²) in [5.41, 5.74) is 1.79. The molecule has 1 saturated heterocycles. The highest BCUT2D eigenvalue weighted by Gasteiger charge is 2.58. The first-order valence-electron chi connectivity index (χ1n) is 7.73. The number of aliphatic carboxylic acids is 1. The maximum Gasteiger partial charge on any atom is 0.362 e. The molecule has 0 atom stereocenters. The fourth-order valence-electron chi connectivity index (χ4n) is 3.03. The van der Waals surface area contributed by atoms with Gasteiger partial charge in [-0.1, -0.05) is 36.4 Å². The Balaban J connectivity index is 2.10. The van der Waals surface area contributed by atoms with Gasteiger partial charge < -0.3 is 5.11 Å². The zero-order valence-corrected chi connectivity index (χ0v) is 14.3. The number of allylic oxidation sites excluding steroid dienone is 1. The summed E-state index contributed by atoms with van der Waals surface area (Å²) in [6.45, 7) is 2.96. The average Bonchev–Trinajstić information content (AvgIpc) is 2.94. The minimum absolute atomic E-state index is 0.472. The van der Waals surface area contributed by atoms with Crippen LogP contribution in [0.15, 0.2) is 72.1 Å². The molecule has 1 aliphatic heterocycles. The number of para-hydroxylation sites is 2. The van der Waals surface area contributed by atoms with E-state index < -0.39 is 13.8 Å². The van der Waals surface area contributed by atoms with Crippen LogP contribution in [0.3, 0.4) is 0 Å². The van der Waals surface area contributed by atoms with Gasteiger partial charge in [-0.25, -0.2) is 4.79 Å². The highest BCUT2D eigenvalue weighted by atomic mass is 31.2. The van der Waals surface area contributed by atoms with E-state index in [1.165, 1.54) is 0 Å². The summed E-state index contributed by atoms with van der Waals surface area (Å²) in [7, 11) is -2.98. The zero-order valence-electron chi connectivity index (χ0n) is 13.4. The van der Waals surface area contributed by atoms with Gasteiger partial charge in [-0.2, -0.15) is 14.2 Å².